The van der Waals surface area contributed by atoms with Gasteiger partial charge < -0.3 is 9.84 Å². The first kappa shape index (κ1) is 20.2. The van der Waals surface area contributed by atoms with Gasteiger partial charge in [-0.1, -0.05) is 19.9 Å². The topological polar surface area (TPSA) is 92.7 Å². The lowest BCUT2D eigenvalue weighted by Crippen LogP contribution is -2.41. The van der Waals surface area contributed by atoms with Gasteiger partial charge in [-0.2, -0.15) is 4.72 Å². The highest BCUT2D eigenvalue weighted by Gasteiger charge is 2.35. The molecule has 0 spiro atoms. The molecule has 1 rings (SSSR count). The number of hydrogen-bond donors (Lipinski definition) is 2. The quantitative estimate of drug-likeness (QED) is 0.717. The fourth-order valence-electron chi connectivity index (χ4n) is 1.82. The van der Waals surface area contributed by atoms with Crippen molar-refractivity contribution in [3.8, 4) is 5.75 Å². The second-order valence-corrected chi connectivity index (χ2v) is 6.94. The maximum Gasteiger partial charge on any atom is 0.573 e. The Morgan fingerprint density at radius 3 is 2.38 bits per heavy atom. The van der Waals surface area contributed by atoms with Crippen LogP contribution in [0, 0.1) is 11.7 Å². The number of carboxylic acid groups (broad SMARTS) is 1. The molecule has 2 N–H and O–H groups in total. The van der Waals surface area contributed by atoms with E-state index in [-0.39, 0.29) is 12.3 Å². The third kappa shape index (κ3) is 5.64. The minimum absolute atomic E-state index is 0.0884. The standard InChI is InChI=1S/C13H15F4NO5S/c1-7(2)6-8(12(19)20)18-24(21,22)10-5-3-4-9(11(10)14)23-13(15,16)17/h3-5,7-8,18H,6H2,1-2H3,(H,19,20). The van der Waals surface area contributed by atoms with Gasteiger partial charge in [-0.05, 0) is 24.5 Å². The zero-order chi connectivity index (χ0) is 18.7. The summed E-state index contributed by atoms with van der Waals surface area (Å²) in [5, 5.41) is 9.01. The van der Waals surface area contributed by atoms with Crippen molar-refractivity contribution in [1.82, 2.24) is 4.72 Å². The number of ether oxygens (including phenoxy) is 1. The number of rotatable bonds is 7. The van der Waals surface area contributed by atoms with E-state index in [1.165, 1.54) is 0 Å². The second-order valence-electron chi connectivity index (χ2n) is 5.26. The number of halogens is 4. The van der Waals surface area contributed by atoms with E-state index in [9.17, 15) is 30.8 Å². The molecule has 0 aliphatic carbocycles. The highest BCUT2D eigenvalue weighted by Crippen LogP contribution is 2.29. The van der Waals surface area contributed by atoms with Crippen molar-refractivity contribution in [2.45, 2.75) is 37.6 Å². The summed E-state index contributed by atoms with van der Waals surface area (Å²) in [7, 11) is -4.71. The van der Waals surface area contributed by atoms with Crippen LogP contribution < -0.4 is 9.46 Å². The Balaban J connectivity index is 3.19. The average molecular weight is 373 g/mol. The smallest absolute Gasteiger partial charge is 0.480 e. The molecule has 0 fully saturated rings. The maximum absolute atomic E-state index is 14.0. The summed E-state index contributed by atoms with van der Waals surface area (Å²) in [6, 6.07) is 0.595. The summed E-state index contributed by atoms with van der Waals surface area (Å²) in [4.78, 5) is 9.95. The highest BCUT2D eigenvalue weighted by molar-refractivity contribution is 7.89. The van der Waals surface area contributed by atoms with Gasteiger partial charge in [0.25, 0.3) is 0 Å². The Kier molecular flexibility index (Phi) is 6.17. The van der Waals surface area contributed by atoms with Crippen LogP contribution in [0.2, 0.25) is 0 Å². The van der Waals surface area contributed by atoms with Gasteiger partial charge in [0.15, 0.2) is 11.6 Å². The molecule has 0 aliphatic heterocycles. The van der Waals surface area contributed by atoms with E-state index in [2.05, 4.69) is 4.74 Å². The van der Waals surface area contributed by atoms with Crippen LogP contribution in [0.5, 0.6) is 5.75 Å². The number of hydrogen-bond acceptors (Lipinski definition) is 4. The van der Waals surface area contributed by atoms with Gasteiger partial charge in [-0.15, -0.1) is 13.2 Å². The fraction of sp³-hybridized carbons (Fsp3) is 0.462. The summed E-state index contributed by atoms with van der Waals surface area (Å²) in [6.45, 7) is 3.28. The molecule has 24 heavy (non-hydrogen) atoms. The Labute approximate surface area is 135 Å². The predicted molar refractivity (Wildman–Crippen MR) is 74.3 cm³/mol. The summed E-state index contributed by atoms with van der Waals surface area (Å²) in [6.07, 6.45) is -5.30. The van der Waals surface area contributed by atoms with Crippen LogP contribution >= 0.6 is 0 Å². The first-order valence-corrected chi connectivity index (χ1v) is 8.11. The summed E-state index contributed by atoms with van der Waals surface area (Å²) in [5.41, 5.74) is 0. The molecular weight excluding hydrogens is 358 g/mol. The summed E-state index contributed by atoms with van der Waals surface area (Å²) in [5.74, 6) is -4.79. The molecule has 6 nitrogen and oxygen atoms in total. The van der Waals surface area contributed by atoms with Crippen molar-refractivity contribution in [1.29, 1.82) is 0 Å². The van der Waals surface area contributed by atoms with E-state index in [0.29, 0.717) is 12.1 Å². The molecule has 11 heteroatoms. The third-order valence-corrected chi connectivity index (χ3v) is 4.23. The van der Waals surface area contributed by atoms with Crippen LogP contribution in [0.25, 0.3) is 0 Å². The first-order valence-electron chi connectivity index (χ1n) is 6.63. The highest BCUT2D eigenvalue weighted by atomic mass is 32.2. The number of aliphatic carboxylic acids is 1. The van der Waals surface area contributed by atoms with E-state index in [1.807, 2.05) is 0 Å². The van der Waals surface area contributed by atoms with Gasteiger partial charge in [-0.3, -0.25) is 4.79 Å². The molecule has 0 heterocycles. The minimum atomic E-state index is -5.21. The van der Waals surface area contributed by atoms with Crippen molar-refractivity contribution in [3.05, 3.63) is 24.0 Å². The average Bonchev–Trinajstić information content (AvgIpc) is 2.37. The third-order valence-electron chi connectivity index (χ3n) is 2.75. The van der Waals surface area contributed by atoms with E-state index >= 15 is 0 Å². The molecule has 1 aromatic carbocycles. The number of carboxylic acids is 1. The van der Waals surface area contributed by atoms with Crippen LogP contribution in [0.4, 0.5) is 17.6 Å². The molecule has 1 unspecified atom stereocenters. The Hall–Kier alpha value is -1.88. The Bertz CT molecular complexity index is 703. The predicted octanol–water partition coefficient (Wildman–Crippen LogP) is 2.50. The number of benzene rings is 1. The normalized spacial score (nSPS) is 13.8. The maximum atomic E-state index is 14.0. The van der Waals surface area contributed by atoms with Crippen LogP contribution in [-0.4, -0.2) is 31.9 Å². The molecule has 0 aliphatic rings. The second kappa shape index (κ2) is 7.34. The molecular formula is C13H15F4NO5S. The number of alkyl halides is 3. The zero-order valence-electron chi connectivity index (χ0n) is 12.6. The number of nitrogens with one attached hydrogen (secondary N) is 1. The monoisotopic (exact) mass is 373 g/mol. The molecule has 0 saturated carbocycles. The van der Waals surface area contributed by atoms with E-state index in [1.54, 1.807) is 18.6 Å². The van der Waals surface area contributed by atoms with E-state index in [4.69, 9.17) is 5.11 Å². The summed E-state index contributed by atoms with van der Waals surface area (Å²) < 4.78 is 80.0. The Morgan fingerprint density at radius 1 is 1.33 bits per heavy atom. The lowest BCUT2D eigenvalue weighted by molar-refractivity contribution is -0.275. The van der Waals surface area contributed by atoms with Crippen molar-refractivity contribution < 1.29 is 40.6 Å². The SMILES string of the molecule is CC(C)CC(NS(=O)(=O)c1cccc(OC(F)(F)F)c1F)C(=O)O. The molecule has 0 saturated heterocycles. The van der Waals surface area contributed by atoms with E-state index < -0.39 is 44.9 Å². The molecule has 0 bridgehead atoms. The molecule has 1 aromatic rings. The van der Waals surface area contributed by atoms with Gasteiger partial charge in [0.05, 0.1) is 0 Å². The largest absolute Gasteiger partial charge is 0.573 e. The Morgan fingerprint density at radius 2 is 1.92 bits per heavy atom. The lowest BCUT2D eigenvalue weighted by atomic mass is 10.1. The van der Waals surface area contributed by atoms with Gasteiger partial charge in [-0.25, -0.2) is 12.8 Å². The van der Waals surface area contributed by atoms with Crippen LogP contribution in [0.3, 0.4) is 0 Å². The molecule has 136 valence electrons. The summed E-state index contributed by atoms with van der Waals surface area (Å²) >= 11 is 0. The van der Waals surface area contributed by atoms with Crippen LogP contribution in [0.1, 0.15) is 20.3 Å². The molecule has 0 amide bonds. The van der Waals surface area contributed by atoms with Crippen molar-refractivity contribution in [2.24, 2.45) is 5.92 Å². The van der Waals surface area contributed by atoms with Gasteiger partial charge in [0.2, 0.25) is 10.0 Å². The van der Waals surface area contributed by atoms with Gasteiger partial charge in [0.1, 0.15) is 10.9 Å². The van der Waals surface area contributed by atoms with Crippen molar-refractivity contribution in [3.63, 3.8) is 0 Å². The van der Waals surface area contributed by atoms with Crippen molar-refractivity contribution in [2.75, 3.05) is 0 Å². The van der Waals surface area contributed by atoms with Crippen molar-refractivity contribution >= 4 is 16.0 Å². The minimum Gasteiger partial charge on any atom is -0.480 e. The van der Waals surface area contributed by atoms with Gasteiger partial charge in [0, 0.05) is 0 Å². The van der Waals surface area contributed by atoms with Gasteiger partial charge >= 0.3 is 12.3 Å². The molecule has 0 aromatic heterocycles. The first-order chi connectivity index (χ1) is 10.8. The fourth-order valence-corrected chi connectivity index (χ4v) is 3.12. The molecule has 1 atom stereocenters. The van der Waals surface area contributed by atoms with E-state index in [0.717, 1.165) is 6.07 Å². The van der Waals surface area contributed by atoms with Crippen LogP contribution in [0.15, 0.2) is 23.1 Å². The molecule has 0 radical (unpaired) electrons. The number of sulfonamides is 1. The number of carbonyl (C=O) groups is 1. The lowest BCUT2D eigenvalue weighted by Gasteiger charge is -2.17. The zero-order valence-corrected chi connectivity index (χ0v) is 13.4. The van der Waals surface area contributed by atoms with Crippen LogP contribution in [-0.2, 0) is 14.8 Å².